The Kier molecular flexibility index (Phi) is 6.89. The summed E-state index contributed by atoms with van der Waals surface area (Å²) in [6.07, 6.45) is -4.76. The van der Waals surface area contributed by atoms with Crippen LogP contribution >= 0.6 is 0 Å². The molecule has 50 heavy (non-hydrogen) atoms. The molecule has 0 bridgehead atoms. The van der Waals surface area contributed by atoms with Crippen LogP contribution in [-0.4, -0.2) is 9.13 Å². The molecular formula is C43H29F3N4. The van der Waals surface area contributed by atoms with Gasteiger partial charge in [0.25, 0.3) is 0 Å². The highest BCUT2D eigenvalue weighted by molar-refractivity contribution is 6.12. The van der Waals surface area contributed by atoms with Gasteiger partial charge in [0.05, 0.1) is 57.2 Å². The van der Waals surface area contributed by atoms with Gasteiger partial charge < -0.3 is 9.13 Å². The number of rotatable bonds is 3. The van der Waals surface area contributed by atoms with Gasteiger partial charge in [-0.3, -0.25) is 0 Å². The second-order valence-electron chi connectivity index (χ2n) is 13.1. The van der Waals surface area contributed by atoms with Crippen molar-refractivity contribution >= 4 is 49.3 Å². The summed E-state index contributed by atoms with van der Waals surface area (Å²) in [7, 11) is 0. The number of fused-ring (bicyclic) bond motifs is 6. The van der Waals surface area contributed by atoms with Gasteiger partial charge in [0.2, 0.25) is 0 Å². The van der Waals surface area contributed by atoms with Crippen LogP contribution < -0.4 is 0 Å². The van der Waals surface area contributed by atoms with Crippen molar-refractivity contribution in [2.75, 3.05) is 0 Å². The third-order valence-electron chi connectivity index (χ3n) is 9.60. The van der Waals surface area contributed by atoms with E-state index in [9.17, 15) is 18.4 Å². The van der Waals surface area contributed by atoms with Gasteiger partial charge in [-0.15, -0.1) is 0 Å². The molecule has 6 aromatic carbocycles. The van der Waals surface area contributed by atoms with Crippen LogP contribution in [0.4, 0.5) is 18.9 Å². The summed E-state index contributed by atoms with van der Waals surface area (Å²) in [5.41, 5.74) is 8.12. The van der Waals surface area contributed by atoms with Crippen LogP contribution in [0.3, 0.4) is 0 Å². The van der Waals surface area contributed by atoms with Crippen molar-refractivity contribution < 1.29 is 13.2 Å². The summed E-state index contributed by atoms with van der Waals surface area (Å²) in [6.45, 7) is 16.4. The molecule has 8 aromatic rings. The van der Waals surface area contributed by atoms with Crippen LogP contribution in [0.15, 0.2) is 103 Å². The van der Waals surface area contributed by atoms with Crippen molar-refractivity contribution in [2.24, 2.45) is 0 Å². The number of hydrogen-bond acceptors (Lipinski definition) is 1. The normalized spacial score (nSPS) is 11.9. The number of nitriles is 1. The maximum Gasteiger partial charge on any atom is 0.417 e. The Hall–Kier alpha value is -6.31. The van der Waals surface area contributed by atoms with Crippen LogP contribution in [0.25, 0.3) is 71.0 Å². The first-order valence-corrected chi connectivity index (χ1v) is 16.2. The molecule has 4 nitrogen and oxygen atoms in total. The summed E-state index contributed by atoms with van der Waals surface area (Å²) >= 11 is 0. The van der Waals surface area contributed by atoms with Crippen molar-refractivity contribution in [1.29, 1.82) is 5.26 Å². The molecule has 0 fully saturated rings. The lowest BCUT2D eigenvalue weighted by molar-refractivity contribution is -0.137. The van der Waals surface area contributed by atoms with E-state index in [-0.39, 0.29) is 22.4 Å². The second-order valence-corrected chi connectivity index (χ2v) is 13.1. The fourth-order valence-corrected chi connectivity index (χ4v) is 7.31. The zero-order chi connectivity index (χ0) is 35.1. The van der Waals surface area contributed by atoms with Crippen molar-refractivity contribution in [1.82, 2.24) is 9.13 Å². The molecule has 0 aliphatic heterocycles. The predicted octanol–water partition coefficient (Wildman–Crippen LogP) is 12.2. The molecule has 0 unspecified atom stereocenters. The van der Waals surface area contributed by atoms with Gasteiger partial charge >= 0.3 is 6.18 Å². The lowest BCUT2D eigenvalue weighted by atomic mass is 9.95. The minimum atomic E-state index is -4.76. The van der Waals surface area contributed by atoms with E-state index in [4.69, 9.17) is 6.57 Å². The number of hydrogen-bond donors (Lipinski definition) is 0. The monoisotopic (exact) mass is 658 g/mol. The van der Waals surface area contributed by atoms with Crippen molar-refractivity contribution in [3.63, 3.8) is 0 Å². The Morgan fingerprint density at radius 1 is 0.560 bits per heavy atom. The maximum absolute atomic E-state index is 14.7. The first kappa shape index (κ1) is 31.0. The quantitative estimate of drug-likeness (QED) is 0.174. The minimum Gasteiger partial charge on any atom is -0.308 e. The highest BCUT2D eigenvalue weighted by atomic mass is 19.4. The van der Waals surface area contributed by atoms with E-state index in [1.54, 1.807) is 12.1 Å². The zero-order valence-electron chi connectivity index (χ0n) is 27.7. The van der Waals surface area contributed by atoms with Gasteiger partial charge in [0.1, 0.15) is 0 Å². The van der Waals surface area contributed by atoms with Crippen molar-refractivity contribution in [2.45, 2.75) is 33.9 Å². The van der Waals surface area contributed by atoms with Gasteiger partial charge in [-0.05, 0) is 110 Å². The average Bonchev–Trinajstić information content (AvgIpc) is 3.57. The van der Waals surface area contributed by atoms with E-state index >= 15 is 0 Å². The first-order valence-electron chi connectivity index (χ1n) is 16.2. The van der Waals surface area contributed by atoms with Gasteiger partial charge in [-0.2, -0.15) is 18.4 Å². The molecule has 0 saturated carbocycles. The summed E-state index contributed by atoms with van der Waals surface area (Å²) in [4.78, 5) is 3.85. The molecule has 0 atom stereocenters. The highest BCUT2D eigenvalue weighted by Gasteiger charge is 2.35. The molecule has 7 heteroatoms. The Balaban J connectivity index is 1.61. The number of aromatic nitrogens is 2. The Labute approximate surface area is 286 Å². The molecular weight excluding hydrogens is 629 g/mol. The number of aryl methyl sites for hydroxylation is 4. The highest BCUT2D eigenvalue weighted by Crippen LogP contribution is 2.46. The maximum atomic E-state index is 14.7. The number of nitrogens with zero attached hydrogens (tertiary/aromatic N) is 4. The van der Waals surface area contributed by atoms with E-state index in [1.165, 1.54) is 12.1 Å². The summed E-state index contributed by atoms with van der Waals surface area (Å²) in [5, 5.41) is 13.6. The molecule has 0 aliphatic carbocycles. The summed E-state index contributed by atoms with van der Waals surface area (Å²) in [6, 6.07) is 33.9. The molecule has 2 heterocycles. The topological polar surface area (TPSA) is 38.0 Å². The molecule has 0 radical (unpaired) electrons. The third kappa shape index (κ3) is 4.74. The van der Waals surface area contributed by atoms with Gasteiger partial charge in [0.15, 0.2) is 5.69 Å². The molecule has 242 valence electrons. The number of halogens is 3. The van der Waals surface area contributed by atoms with Crippen LogP contribution in [0.1, 0.15) is 33.4 Å². The first-order chi connectivity index (χ1) is 24.0. The lowest BCUT2D eigenvalue weighted by Crippen LogP contribution is -2.09. The Morgan fingerprint density at radius 2 is 0.980 bits per heavy atom. The lowest BCUT2D eigenvalue weighted by Gasteiger charge is -2.21. The fourth-order valence-electron chi connectivity index (χ4n) is 7.31. The van der Waals surface area contributed by atoms with Gasteiger partial charge in [0, 0.05) is 21.5 Å². The summed E-state index contributed by atoms with van der Waals surface area (Å²) in [5.74, 6) is 0. The van der Waals surface area contributed by atoms with Gasteiger partial charge in [-0.1, -0.05) is 54.6 Å². The van der Waals surface area contributed by atoms with Crippen LogP contribution in [0.5, 0.6) is 0 Å². The molecule has 8 rings (SSSR count). The largest absolute Gasteiger partial charge is 0.417 e. The van der Waals surface area contributed by atoms with Crippen LogP contribution in [-0.2, 0) is 6.18 Å². The molecule has 0 amide bonds. The van der Waals surface area contributed by atoms with E-state index in [0.29, 0.717) is 11.4 Å². The van der Waals surface area contributed by atoms with E-state index in [1.807, 2.05) is 33.8 Å². The number of alkyl halides is 3. The predicted molar refractivity (Wildman–Crippen MR) is 195 cm³/mol. The molecule has 0 spiro atoms. The fraction of sp³-hybridized carbons (Fsp3) is 0.116. The SMILES string of the molecule is [C-]#[N+]c1cc(-n2c3cc(C)ccc3c3ccc(C)cc32)c(-n2c3cc(C)ccc3c3ccc(C)cc32)cc1-c1ccc(C#N)cc1C(F)(F)F. The Bertz CT molecular complexity index is 2700. The van der Waals surface area contributed by atoms with Crippen molar-refractivity contribution in [3.8, 4) is 28.6 Å². The minimum absolute atomic E-state index is 0.0717. The average molecular weight is 659 g/mol. The van der Waals surface area contributed by atoms with Gasteiger partial charge in [-0.25, -0.2) is 4.85 Å². The van der Waals surface area contributed by atoms with Crippen LogP contribution in [0.2, 0.25) is 0 Å². The molecule has 0 N–H and O–H groups in total. The molecule has 2 aromatic heterocycles. The van der Waals surface area contributed by atoms with Crippen molar-refractivity contribution in [3.05, 3.63) is 148 Å². The van der Waals surface area contributed by atoms with E-state index in [2.05, 4.69) is 86.8 Å². The Morgan fingerprint density at radius 3 is 1.36 bits per heavy atom. The number of benzene rings is 6. The third-order valence-corrected chi connectivity index (χ3v) is 9.60. The molecule has 0 saturated heterocycles. The van der Waals surface area contributed by atoms with E-state index < -0.39 is 11.7 Å². The summed E-state index contributed by atoms with van der Waals surface area (Å²) < 4.78 is 48.4. The van der Waals surface area contributed by atoms with E-state index in [0.717, 1.165) is 71.9 Å². The van der Waals surface area contributed by atoms with Crippen LogP contribution in [0, 0.1) is 45.6 Å². The molecule has 0 aliphatic rings. The standard InChI is InChI=1S/C43H29F3N4/c1-24-6-11-30-31-12-7-25(2)17-38(31)49(37(30)16-24)41-21-34(29-15-10-28(23-47)20-35(29)43(44,45)46)36(48-5)22-42(41)50-39-18-26(3)8-13-32(39)33-14-9-27(4)19-40(33)50/h6-22H,1-4H3. The second kappa shape index (κ2) is 11.1. The smallest absolute Gasteiger partial charge is 0.308 e. The zero-order valence-corrected chi connectivity index (χ0v) is 27.7.